The van der Waals surface area contributed by atoms with E-state index in [1.807, 2.05) is 13.8 Å². The smallest absolute Gasteiger partial charge is 0.253 e. The third-order valence-electron chi connectivity index (χ3n) is 2.58. The van der Waals surface area contributed by atoms with Gasteiger partial charge < -0.3 is 16.2 Å². The molecule has 4 nitrogen and oxygen atoms in total. The summed E-state index contributed by atoms with van der Waals surface area (Å²) >= 11 is 0. The van der Waals surface area contributed by atoms with E-state index < -0.39 is 11.7 Å². The Morgan fingerprint density at radius 3 is 2.65 bits per heavy atom. The van der Waals surface area contributed by atoms with E-state index in [1.54, 1.807) is 0 Å². The van der Waals surface area contributed by atoms with Gasteiger partial charge in [0.05, 0.1) is 18.2 Å². The van der Waals surface area contributed by atoms with E-state index in [-0.39, 0.29) is 29.8 Å². The second-order valence-corrected chi connectivity index (χ2v) is 4.24. The monoisotopic (exact) mass is 240 g/mol. The van der Waals surface area contributed by atoms with Gasteiger partial charge in [-0.2, -0.15) is 0 Å². The van der Waals surface area contributed by atoms with Gasteiger partial charge >= 0.3 is 0 Å². The van der Waals surface area contributed by atoms with Crippen molar-refractivity contribution in [3.63, 3.8) is 0 Å². The van der Waals surface area contributed by atoms with Gasteiger partial charge in [-0.1, -0.05) is 13.8 Å². The molecule has 0 bridgehead atoms. The lowest BCUT2D eigenvalue weighted by molar-refractivity contribution is 0.0897. The number of benzene rings is 1. The fourth-order valence-corrected chi connectivity index (χ4v) is 1.41. The highest BCUT2D eigenvalue weighted by Crippen LogP contribution is 2.14. The summed E-state index contributed by atoms with van der Waals surface area (Å²) in [5.41, 5.74) is 5.85. The molecule has 1 unspecified atom stereocenters. The summed E-state index contributed by atoms with van der Waals surface area (Å²) in [6.07, 6.45) is 0. The average Bonchev–Trinajstić information content (AvgIpc) is 2.24. The van der Waals surface area contributed by atoms with Gasteiger partial charge in [0.1, 0.15) is 5.82 Å². The predicted octanol–water partition coefficient (Wildman–Crippen LogP) is 1.15. The van der Waals surface area contributed by atoms with E-state index in [2.05, 4.69) is 5.32 Å². The minimum absolute atomic E-state index is 0.0861. The van der Waals surface area contributed by atoms with Crippen LogP contribution in [-0.4, -0.2) is 23.7 Å². The summed E-state index contributed by atoms with van der Waals surface area (Å²) in [6.45, 7) is 3.62. The number of halogens is 1. The van der Waals surface area contributed by atoms with Crippen LogP contribution in [0.5, 0.6) is 0 Å². The zero-order valence-electron chi connectivity index (χ0n) is 9.90. The van der Waals surface area contributed by atoms with Crippen LogP contribution in [-0.2, 0) is 0 Å². The van der Waals surface area contributed by atoms with Crippen LogP contribution in [0.2, 0.25) is 0 Å². The lowest BCUT2D eigenvalue weighted by Crippen LogP contribution is -2.41. The molecule has 1 aromatic rings. The molecule has 1 aromatic carbocycles. The molecule has 94 valence electrons. The summed E-state index contributed by atoms with van der Waals surface area (Å²) in [6, 6.07) is 3.26. The molecule has 1 atom stereocenters. The number of aliphatic hydroxyl groups is 1. The largest absolute Gasteiger partial charge is 0.398 e. The zero-order chi connectivity index (χ0) is 13.0. The van der Waals surface area contributed by atoms with Crippen molar-refractivity contribution in [2.45, 2.75) is 19.9 Å². The predicted molar refractivity (Wildman–Crippen MR) is 64.0 cm³/mol. The van der Waals surface area contributed by atoms with Crippen LogP contribution in [0.4, 0.5) is 10.1 Å². The molecule has 0 spiro atoms. The molecule has 0 aromatic heterocycles. The van der Waals surface area contributed by atoms with Crippen molar-refractivity contribution < 1.29 is 14.3 Å². The van der Waals surface area contributed by atoms with Crippen LogP contribution in [0.15, 0.2) is 18.2 Å². The number of carbonyl (C=O) groups excluding carboxylic acids is 1. The van der Waals surface area contributed by atoms with E-state index in [4.69, 9.17) is 10.8 Å². The van der Waals surface area contributed by atoms with Gasteiger partial charge in [0, 0.05) is 5.69 Å². The Bertz CT molecular complexity index is 407. The number of nitrogens with two attached hydrogens (primary N) is 1. The molecule has 17 heavy (non-hydrogen) atoms. The minimum Gasteiger partial charge on any atom is -0.398 e. The molecule has 0 saturated carbocycles. The number of hydrogen-bond donors (Lipinski definition) is 3. The Labute approximate surface area is 99.6 Å². The number of nitrogens with one attached hydrogen (secondary N) is 1. The molecule has 5 heteroatoms. The van der Waals surface area contributed by atoms with Crippen molar-refractivity contribution in [2.75, 3.05) is 12.3 Å². The molecule has 1 rings (SSSR count). The standard InChI is InChI=1S/C12H17FN2O2/c1-7(2)11(6-16)15-12(17)9-4-3-8(13)5-10(9)14/h3-5,7,11,16H,6,14H2,1-2H3,(H,15,17). The van der Waals surface area contributed by atoms with E-state index >= 15 is 0 Å². The van der Waals surface area contributed by atoms with Gasteiger partial charge in [0.25, 0.3) is 5.91 Å². The van der Waals surface area contributed by atoms with Crippen LogP contribution in [0.3, 0.4) is 0 Å². The van der Waals surface area contributed by atoms with E-state index in [0.29, 0.717) is 0 Å². The Kier molecular flexibility index (Phi) is 4.45. The maximum absolute atomic E-state index is 12.8. The van der Waals surface area contributed by atoms with Crippen LogP contribution in [0, 0.1) is 11.7 Å². The highest BCUT2D eigenvalue weighted by atomic mass is 19.1. The van der Waals surface area contributed by atoms with Crippen LogP contribution in [0.25, 0.3) is 0 Å². The van der Waals surface area contributed by atoms with E-state index in [9.17, 15) is 9.18 Å². The van der Waals surface area contributed by atoms with Crippen LogP contribution in [0.1, 0.15) is 24.2 Å². The summed E-state index contributed by atoms with van der Waals surface area (Å²) in [5, 5.41) is 11.8. The number of rotatable bonds is 4. The van der Waals surface area contributed by atoms with Crippen LogP contribution < -0.4 is 11.1 Å². The first kappa shape index (κ1) is 13.4. The van der Waals surface area contributed by atoms with Crippen molar-refractivity contribution >= 4 is 11.6 Å². The lowest BCUT2D eigenvalue weighted by Gasteiger charge is -2.20. The summed E-state index contributed by atoms with van der Waals surface area (Å²) in [7, 11) is 0. The molecule has 0 radical (unpaired) electrons. The quantitative estimate of drug-likeness (QED) is 0.691. The van der Waals surface area contributed by atoms with Gasteiger partial charge in [-0.05, 0) is 24.1 Å². The molecular formula is C12H17FN2O2. The Hall–Kier alpha value is -1.62. The van der Waals surface area contributed by atoms with Gasteiger partial charge in [0.15, 0.2) is 0 Å². The molecule has 0 aliphatic heterocycles. The fourth-order valence-electron chi connectivity index (χ4n) is 1.41. The first-order valence-corrected chi connectivity index (χ1v) is 5.42. The molecule has 0 saturated heterocycles. The second kappa shape index (κ2) is 5.63. The van der Waals surface area contributed by atoms with Gasteiger partial charge in [-0.15, -0.1) is 0 Å². The van der Waals surface area contributed by atoms with Crippen molar-refractivity contribution in [3.8, 4) is 0 Å². The number of nitrogen functional groups attached to an aromatic ring is 1. The lowest BCUT2D eigenvalue weighted by atomic mass is 10.0. The zero-order valence-corrected chi connectivity index (χ0v) is 9.90. The summed E-state index contributed by atoms with van der Waals surface area (Å²) in [4.78, 5) is 11.8. The molecule has 0 heterocycles. The second-order valence-electron chi connectivity index (χ2n) is 4.24. The van der Waals surface area contributed by atoms with Crippen molar-refractivity contribution in [1.82, 2.24) is 5.32 Å². The molecule has 0 aliphatic carbocycles. The number of carbonyl (C=O) groups is 1. The summed E-state index contributed by atoms with van der Waals surface area (Å²) < 4.78 is 12.8. The third-order valence-corrected chi connectivity index (χ3v) is 2.58. The maximum Gasteiger partial charge on any atom is 0.253 e. The van der Waals surface area contributed by atoms with Crippen molar-refractivity contribution in [1.29, 1.82) is 0 Å². The minimum atomic E-state index is -0.485. The Morgan fingerprint density at radius 1 is 1.53 bits per heavy atom. The van der Waals surface area contributed by atoms with E-state index in [0.717, 1.165) is 6.07 Å². The highest BCUT2D eigenvalue weighted by Gasteiger charge is 2.17. The first-order valence-electron chi connectivity index (χ1n) is 5.42. The fraction of sp³-hybridized carbons (Fsp3) is 0.417. The number of hydrogen-bond acceptors (Lipinski definition) is 3. The number of amides is 1. The number of aliphatic hydroxyl groups excluding tert-OH is 1. The molecule has 1 amide bonds. The molecular weight excluding hydrogens is 223 g/mol. The average molecular weight is 240 g/mol. The van der Waals surface area contributed by atoms with E-state index in [1.165, 1.54) is 12.1 Å². The Morgan fingerprint density at radius 2 is 2.18 bits per heavy atom. The SMILES string of the molecule is CC(C)C(CO)NC(=O)c1ccc(F)cc1N. The number of anilines is 1. The van der Waals surface area contributed by atoms with Gasteiger partial charge in [-0.3, -0.25) is 4.79 Å². The summed E-state index contributed by atoms with van der Waals surface area (Å²) in [5.74, 6) is -0.789. The maximum atomic E-state index is 12.8. The molecule has 0 aliphatic rings. The first-order chi connectivity index (χ1) is 7.95. The van der Waals surface area contributed by atoms with Crippen molar-refractivity contribution in [2.24, 2.45) is 5.92 Å². The molecule has 4 N–H and O–H groups in total. The Balaban J connectivity index is 2.82. The van der Waals surface area contributed by atoms with Crippen molar-refractivity contribution in [3.05, 3.63) is 29.6 Å². The topological polar surface area (TPSA) is 75.3 Å². The normalized spacial score (nSPS) is 12.5. The van der Waals surface area contributed by atoms with Gasteiger partial charge in [0.2, 0.25) is 0 Å². The third kappa shape index (κ3) is 3.42. The van der Waals surface area contributed by atoms with Gasteiger partial charge in [-0.25, -0.2) is 4.39 Å². The highest BCUT2D eigenvalue weighted by molar-refractivity contribution is 5.99. The molecule has 0 fully saturated rings. The van der Waals surface area contributed by atoms with Crippen LogP contribution >= 0.6 is 0 Å².